The lowest BCUT2D eigenvalue weighted by molar-refractivity contribution is -0.126. The molecule has 0 aromatic heterocycles. The Balaban J connectivity index is 2.05. The fourth-order valence-corrected chi connectivity index (χ4v) is 2.66. The van der Waals surface area contributed by atoms with Crippen molar-refractivity contribution in [3.05, 3.63) is 58.6 Å². The first kappa shape index (κ1) is 18.0. The first-order chi connectivity index (χ1) is 11.4. The van der Waals surface area contributed by atoms with Gasteiger partial charge in [0.2, 0.25) is 0 Å². The van der Waals surface area contributed by atoms with Crippen LogP contribution in [0.3, 0.4) is 0 Å². The maximum Gasteiger partial charge on any atom is 0.338 e. The van der Waals surface area contributed by atoms with Crippen LogP contribution in [0.15, 0.2) is 53.0 Å². The molecular weight excluding hydrogens is 374 g/mol. The highest BCUT2D eigenvalue weighted by Gasteiger charge is 2.23. The number of hydrogen-bond donors (Lipinski definition) is 0. The zero-order valence-electron chi connectivity index (χ0n) is 13.7. The van der Waals surface area contributed by atoms with E-state index in [9.17, 15) is 9.59 Å². The topological polar surface area (TPSA) is 55.8 Å². The number of para-hydroxylation sites is 1. The van der Waals surface area contributed by atoms with Gasteiger partial charge in [0.05, 0.1) is 17.1 Å². The number of halogens is 1. The number of likely N-dealkylation sites (N-methyl/N-ethyl adjacent to an activating group) is 1. The third kappa shape index (κ3) is 4.14. The third-order valence-corrected chi connectivity index (χ3v) is 4.11. The Kier molecular flexibility index (Phi) is 5.98. The minimum absolute atomic E-state index is 0.304. The fraction of sp³-hybridized carbons (Fsp3) is 0.222. The number of carbonyl (C=O) groups excluding carboxylic acids is 2. The quantitative estimate of drug-likeness (QED) is 0.729. The van der Waals surface area contributed by atoms with Crippen molar-refractivity contribution in [2.45, 2.75) is 13.0 Å². The van der Waals surface area contributed by atoms with Gasteiger partial charge in [-0.25, -0.2) is 4.79 Å². The van der Waals surface area contributed by atoms with Crippen LogP contribution in [0.2, 0.25) is 0 Å². The van der Waals surface area contributed by atoms with Crippen LogP contribution >= 0.6 is 15.9 Å². The highest BCUT2D eigenvalue weighted by atomic mass is 79.9. The summed E-state index contributed by atoms with van der Waals surface area (Å²) in [5.74, 6) is -0.262. The second kappa shape index (κ2) is 7.97. The van der Waals surface area contributed by atoms with Crippen molar-refractivity contribution in [1.82, 2.24) is 0 Å². The number of carbonyl (C=O) groups is 2. The molecule has 0 heterocycles. The molecule has 0 aliphatic rings. The van der Waals surface area contributed by atoms with Crippen LogP contribution in [-0.2, 0) is 9.53 Å². The van der Waals surface area contributed by atoms with Crippen LogP contribution in [-0.4, -0.2) is 32.1 Å². The maximum absolute atomic E-state index is 12.4. The monoisotopic (exact) mass is 391 g/mol. The van der Waals surface area contributed by atoms with Gasteiger partial charge in [-0.15, -0.1) is 0 Å². The van der Waals surface area contributed by atoms with Gasteiger partial charge in [-0.2, -0.15) is 0 Å². The van der Waals surface area contributed by atoms with Crippen LogP contribution in [0.5, 0.6) is 5.75 Å². The van der Waals surface area contributed by atoms with Gasteiger partial charge in [-0.05, 0) is 53.2 Å². The van der Waals surface area contributed by atoms with Gasteiger partial charge in [0, 0.05) is 12.7 Å². The number of methoxy groups -OCH3 is 1. The summed E-state index contributed by atoms with van der Waals surface area (Å²) in [7, 11) is 3.18. The number of benzene rings is 2. The average Bonchev–Trinajstić information content (AvgIpc) is 2.60. The second-order valence-electron chi connectivity index (χ2n) is 5.13. The van der Waals surface area contributed by atoms with Crippen LogP contribution < -0.4 is 9.64 Å². The van der Waals surface area contributed by atoms with Crippen LogP contribution in [0.4, 0.5) is 5.69 Å². The van der Waals surface area contributed by atoms with Crippen molar-refractivity contribution in [1.29, 1.82) is 0 Å². The molecule has 2 rings (SSSR count). The van der Waals surface area contributed by atoms with E-state index in [1.54, 1.807) is 32.2 Å². The van der Waals surface area contributed by atoms with E-state index in [0.29, 0.717) is 15.8 Å². The third-order valence-electron chi connectivity index (χ3n) is 3.49. The standard InChI is InChI=1S/C18H18BrNO4/c1-12(17(21)20(2)14-7-5-4-6-8-14)24-18(22)13-9-10-16(23-3)15(19)11-13/h4-12H,1-3H3/t12-/m0/s1. The van der Waals surface area contributed by atoms with E-state index < -0.39 is 12.1 Å². The van der Waals surface area contributed by atoms with Gasteiger partial charge in [-0.1, -0.05) is 18.2 Å². The second-order valence-corrected chi connectivity index (χ2v) is 5.98. The Hall–Kier alpha value is -2.34. The molecule has 6 heteroatoms. The molecule has 0 saturated heterocycles. The normalized spacial score (nSPS) is 11.5. The molecule has 2 aromatic carbocycles. The van der Waals surface area contributed by atoms with Crippen molar-refractivity contribution in [3.8, 4) is 5.75 Å². The molecular formula is C18H18BrNO4. The van der Waals surface area contributed by atoms with Gasteiger partial charge in [0.15, 0.2) is 6.10 Å². The number of ether oxygens (including phenoxy) is 2. The molecule has 0 radical (unpaired) electrons. The van der Waals surface area contributed by atoms with E-state index in [1.807, 2.05) is 30.3 Å². The minimum Gasteiger partial charge on any atom is -0.496 e. The van der Waals surface area contributed by atoms with Crippen molar-refractivity contribution < 1.29 is 19.1 Å². The molecule has 0 spiro atoms. The number of anilines is 1. The maximum atomic E-state index is 12.4. The number of rotatable bonds is 5. The molecule has 5 nitrogen and oxygen atoms in total. The summed E-state index contributed by atoms with van der Waals surface area (Å²) in [6.45, 7) is 1.55. The van der Waals surface area contributed by atoms with Crippen molar-refractivity contribution in [3.63, 3.8) is 0 Å². The molecule has 1 amide bonds. The molecule has 0 N–H and O–H groups in total. The Bertz CT molecular complexity index is 733. The molecule has 24 heavy (non-hydrogen) atoms. The largest absolute Gasteiger partial charge is 0.496 e. The summed E-state index contributed by atoms with van der Waals surface area (Å²) in [6, 6.07) is 14.0. The molecule has 2 aromatic rings. The molecule has 0 saturated carbocycles. The van der Waals surface area contributed by atoms with Crippen molar-refractivity contribution in [2.75, 3.05) is 19.1 Å². The van der Waals surface area contributed by atoms with E-state index >= 15 is 0 Å². The highest BCUT2D eigenvalue weighted by molar-refractivity contribution is 9.10. The molecule has 1 atom stereocenters. The Morgan fingerprint density at radius 2 is 1.79 bits per heavy atom. The predicted molar refractivity (Wildman–Crippen MR) is 95.4 cm³/mol. The SMILES string of the molecule is COc1ccc(C(=O)O[C@@H](C)C(=O)N(C)c2ccccc2)cc1Br. The van der Waals surface area contributed by atoms with Gasteiger partial charge in [0.25, 0.3) is 5.91 Å². The number of esters is 1. The zero-order valence-corrected chi connectivity index (χ0v) is 15.2. The van der Waals surface area contributed by atoms with E-state index in [1.165, 1.54) is 12.0 Å². The first-order valence-corrected chi connectivity index (χ1v) is 8.10. The van der Waals surface area contributed by atoms with Gasteiger partial charge >= 0.3 is 5.97 Å². The van der Waals surface area contributed by atoms with Gasteiger partial charge in [0.1, 0.15) is 5.75 Å². The number of amides is 1. The summed E-state index contributed by atoms with van der Waals surface area (Å²) in [6.07, 6.45) is -0.899. The first-order valence-electron chi connectivity index (χ1n) is 7.31. The minimum atomic E-state index is -0.899. The molecule has 126 valence electrons. The van der Waals surface area contributed by atoms with Crippen LogP contribution in [0, 0.1) is 0 Å². The smallest absolute Gasteiger partial charge is 0.338 e. The summed E-state index contributed by atoms with van der Waals surface area (Å²) in [5, 5.41) is 0. The Labute approximate surface area is 149 Å². The van der Waals surface area contributed by atoms with Crippen molar-refractivity contribution in [2.24, 2.45) is 0 Å². The van der Waals surface area contributed by atoms with Crippen LogP contribution in [0.25, 0.3) is 0 Å². The summed E-state index contributed by atoms with van der Waals surface area (Å²) >= 11 is 3.32. The summed E-state index contributed by atoms with van der Waals surface area (Å²) < 4.78 is 11.0. The number of nitrogens with zero attached hydrogens (tertiary/aromatic N) is 1. The molecule has 0 aliphatic carbocycles. The van der Waals surface area contributed by atoms with E-state index in [4.69, 9.17) is 9.47 Å². The van der Waals surface area contributed by atoms with Crippen LogP contribution in [0.1, 0.15) is 17.3 Å². The van der Waals surface area contributed by atoms with E-state index in [2.05, 4.69) is 15.9 Å². The number of hydrogen-bond acceptors (Lipinski definition) is 4. The predicted octanol–water partition coefficient (Wildman–Crippen LogP) is 3.67. The Morgan fingerprint density at radius 3 is 2.38 bits per heavy atom. The summed E-state index contributed by atoms with van der Waals surface area (Å²) in [5.41, 5.74) is 1.07. The highest BCUT2D eigenvalue weighted by Crippen LogP contribution is 2.26. The molecule has 0 bridgehead atoms. The molecule has 0 fully saturated rings. The molecule has 0 aliphatic heterocycles. The van der Waals surface area contributed by atoms with Crippen molar-refractivity contribution >= 4 is 33.5 Å². The lowest BCUT2D eigenvalue weighted by atomic mass is 10.2. The van der Waals surface area contributed by atoms with Gasteiger partial charge < -0.3 is 14.4 Å². The van der Waals surface area contributed by atoms with Gasteiger partial charge in [-0.3, -0.25) is 4.79 Å². The lowest BCUT2D eigenvalue weighted by Crippen LogP contribution is -2.37. The fourth-order valence-electron chi connectivity index (χ4n) is 2.12. The molecule has 0 unspecified atom stereocenters. The van der Waals surface area contributed by atoms with E-state index in [-0.39, 0.29) is 5.91 Å². The average molecular weight is 392 g/mol. The summed E-state index contributed by atoms with van der Waals surface area (Å²) in [4.78, 5) is 26.1. The lowest BCUT2D eigenvalue weighted by Gasteiger charge is -2.21. The zero-order chi connectivity index (χ0) is 17.7. The Morgan fingerprint density at radius 1 is 1.12 bits per heavy atom. The van der Waals surface area contributed by atoms with E-state index in [0.717, 1.165) is 5.69 Å².